The first-order valence-electron chi connectivity index (χ1n) is 7.12. The van der Waals surface area contributed by atoms with Crippen LogP contribution in [0.15, 0.2) is 24.3 Å². The van der Waals surface area contributed by atoms with E-state index in [1.54, 1.807) is 0 Å². The first-order chi connectivity index (χ1) is 8.66. The van der Waals surface area contributed by atoms with Crippen molar-refractivity contribution in [3.63, 3.8) is 0 Å². The molecule has 0 N–H and O–H groups in total. The van der Waals surface area contributed by atoms with Gasteiger partial charge in [0.1, 0.15) is 0 Å². The van der Waals surface area contributed by atoms with E-state index in [1.165, 1.54) is 43.5 Å². The van der Waals surface area contributed by atoms with Crippen molar-refractivity contribution in [3.8, 4) is 0 Å². The van der Waals surface area contributed by atoms with Crippen molar-refractivity contribution in [2.45, 2.75) is 38.8 Å². The van der Waals surface area contributed by atoms with Crippen molar-refractivity contribution in [2.75, 3.05) is 27.2 Å². The van der Waals surface area contributed by atoms with Crippen LogP contribution in [0.1, 0.15) is 30.9 Å². The maximum Gasteiger partial charge on any atom is 0.0233 e. The lowest BCUT2D eigenvalue weighted by atomic mass is 10.0. The molecule has 2 heterocycles. The minimum atomic E-state index is 0.847. The molecule has 2 nitrogen and oxygen atoms in total. The van der Waals surface area contributed by atoms with Gasteiger partial charge in [0.25, 0.3) is 0 Å². The summed E-state index contributed by atoms with van der Waals surface area (Å²) >= 11 is 0. The van der Waals surface area contributed by atoms with E-state index in [-0.39, 0.29) is 0 Å². The lowest BCUT2D eigenvalue weighted by Crippen LogP contribution is -2.26. The van der Waals surface area contributed by atoms with Gasteiger partial charge in [-0.1, -0.05) is 24.3 Å². The first kappa shape index (κ1) is 13.6. The summed E-state index contributed by atoms with van der Waals surface area (Å²) in [7, 11) is 4.37. The van der Waals surface area contributed by atoms with Crippen molar-refractivity contribution in [3.05, 3.63) is 35.4 Å². The summed E-state index contributed by atoms with van der Waals surface area (Å²) in [5, 5.41) is 0. The van der Waals surface area contributed by atoms with Gasteiger partial charge in [0.15, 0.2) is 0 Å². The Labute approximate surface area is 112 Å². The molecule has 1 unspecified atom stereocenters. The zero-order valence-corrected chi connectivity index (χ0v) is 12.0. The molecule has 1 aromatic carbocycles. The Bertz CT molecular complexity index is 367. The van der Waals surface area contributed by atoms with Crippen LogP contribution >= 0.6 is 0 Å². The summed E-state index contributed by atoms with van der Waals surface area (Å²) in [6.07, 6.45) is 4.01. The van der Waals surface area contributed by atoms with Gasteiger partial charge in [-0.05, 0) is 58.0 Å². The quantitative estimate of drug-likeness (QED) is 0.694. The number of nitrogens with zero attached hydrogens (tertiary/aromatic N) is 2. The maximum absolute atomic E-state index is 2.40. The van der Waals surface area contributed by atoms with E-state index in [0.717, 1.165) is 12.6 Å². The summed E-state index contributed by atoms with van der Waals surface area (Å²) in [5.74, 6) is 0. The fourth-order valence-electron chi connectivity index (χ4n) is 2.71. The van der Waals surface area contributed by atoms with Crippen molar-refractivity contribution < 1.29 is 0 Å². The number of fused-ring (bicyclic) bond motifs is 1. The molecule has 2 aliphatic rings. The molecule has 0 amide bonds. The summed E-state index contributed by atoms with van der Waals surface area (Å²) in [6.45, 7) is 5.92. The molecular formula is C16H26N2. The van der Waals surface area contributed by atoms with Gasteiger partial charge in [0.2, 0.25) is 0 Å². The molecule has 1 fully saturated rings. The van der Waals surface area contributed by atoms with E-state index >= 15 is 0 Å². The average Bonchev–Trinajstić information content (AvgIpc) is 2.74. The van der Waals surface area contributed by atoms with Gasteiger partial charge in [0.05, 0.1) is 0 Å². The molecule has 2 aliphatic heterocycles. The Balaban J connectivity index is 0.000000149. The SMILES string of the molecule is CC1CCCN1C.CN1CCc2ccccc2C1. The van der Waals surface area contributed by atoms with E-state index in [9.17, 15) is 0 Å². The second kappa shape index (κ2) is 6.35. The Hall–Kier alpha value is -0.860. The van der Waals surface area contributed by atoms with Crippen LogP contribution in [0.3, 0.4) is 0 Å². The van der Waals surface area contributed by atoms with Crippen LogP contribution in [-0.4, -0.2) is 43.0 Å². The predicted octanol–water partition coefficient (Wildman–Crippen LogP) is 2.78. The van der Waals surface area contributed by atoms with Crippen LogP contribution in [0.5, 0.6) is 0 Å². The molecule has 3 rings (SSSR count). The van der Waals surface area contributed by atoms with Gasteiger partial charge in [-0.15, -0.1) is 0 Å². The second-order valence-corrected chi connectivity index (χ2v) is 5.73. The van der Waals surface area contributed by atoms with Gasteiger partial charge in [-0.2, -0.15) is 0 Å². The predicted molar refractivity (Wildman–Crippen MR) is 77.8 cm³/mol. The van der Waals surface area contributed by atoms with Crippen molar-refractivity contribution in [1.82, 2.24) is 9.80 Å². The third-order valence-corrected chi connectivity index (χ3v) is 4.21. The smallest absolute Gasteiger partial charge is 0.0233 e. The Kier molecular flexibility index (Phi) is 4.79. The molecule has 0 saturated carbocycles. The highest BCUT2D eigenvalue weighted by Crippen LogP contribution is 2.16. The van der Waals surface area contributed by atoms with E-state index in [4.69, 9.17) is 0 Å². The highest BCUT2D eigenvalue weighted by molar-refractivity contribution is 5.28. The Morgan fingerprint density at radius 2 is 1.78 bits per heavy atom. The minimum absolute atomic E-state index is 0.847. The lowest BCUT2D eigenvalue weighted by Gasteiger charge is -2.24. The molecular weight excluding hydrogens is 220 g/mol. The van der Waals surface area contributed by atoms with Gasteiger partial charge >= 0.3 is 0 Å². The van der Waals surface area contributed by atoms with E-state index < -0.39 is 0 Å². The highest BCUT2D eigenvalue weighted by Gasteiger charge is 2.14. The summed E-state index contributed by atoms with van der Waals surface area (Å²) in [4.78, 5) is 4.77. The summed E-state index contributed by atoms with van der Waals surface area (Å²) in [6, 6.07) is 9.56. The third-order valence-electron chi connectivity index (χ3n) is 4.21. The Morgan fingerprint density at radius 1 is 1.06 bits per heavy atom. The number of hydrogen-bond acceptors (Lipinski definition) is 2. The number of likely N-dealkylation sites (tertiary alicyclic amines) is 1. The largest absolute Gasteiger partial charge is 0.304 e. The minimum Gasteiger partial charge on any atom is -0.304 e. The number of rotatable bonds is 0. The van der Waals surface area contributed by atoms with Crippen LogP contribution in [0.2, 0.25) is 0 Å². The van der Waals surface area contributed by atoms with Gasteiger partial charge < -0.3 is 9.80 Å². The fraction of sp³-hybridized carbons (Fsp3) is 0.625. The molecule has 1 atom stereocenters. The van der Waals surface area contributed by atoms with E-state index in [0.29, 0.717) is 0 Å². The fourth-order valence-corrected chi connectivity index (χ4v) is 2.71. The molecule has 2 heteroatoms. The lowest BCUT2D eigenvalue weighted by molar-refractivity contribution is 0.313. The number of benzene rings is 1. The molecule has 0 spiro atoms. The van der Waals surface area contributed by atoms with Crippen molar-refractivity contribution >= 4 is 0 Å². The molecule has 0 aliphatic carbocycles. The normalized spacial score (nSPS) is 24.3. The third kappa shape index (κ3) is 3.56. The molecule has 1 saturated heterocycles. The number of hydrogen-bond donors (Lipinski definition) is 0. The van der Waals surface area contributed by atoms with Gasteiger partial charge in [-0.3, -0.25) is 0 Å². The van der Waals surface area contributed by atoms with Crippen LogP contribution in [0, 0.1) is 0 Å². The van der Waals surface area contributed by atoms with Crippen LogP contribution in [-0.2, 0) is 13.0 Å². The second-order valence-electron chi connectivity index (χ2n) is 5.73. The van der Waals surface area contributed by atoms with Gasteiger partial charge in [0, 0.05) is 19.1 Å². The van der Waals surface area contributed by atoms with Crippen molar-refractivity contribution in [2.24, 2.45) is 0 Å². The summed E-state index contributed by atoms with van der Waals surface area (Å²) < 4.78 is 0. The molecule has 0 aromatic heterocycles. The molecule has 1 aromatic rings. The molecule has 18 heavy (non-hydrogen) atoms. The topological polar surface area (TPSA) is 6.48 Å². The monoisotopic (exact) mass is 246 g/mol. The standard InChI is InChI=1S/C10H13N.C6H13N/c1-11-7-6-9-4-2-3-5-10(9)8-11;1-6-4-3-5-7(6)2/h2-5H,6-8H2,1H3;6H,3-5H2,1-2H3. The zero-order chi connectivity index (χ0) is 13.0. The highest BCUT2D eigenvalue weighted by atomic mass is 15.1. The van der Waals surface area contributed by atoms with Crippen LogP contribution in [0.25, 0.3) is 0 Å². The van der Waals surface area contributed by atoms with Crippen LogP contribution in [0.4, 0.5) is 0 Å². The molecule has 0 bridgehead atoms. The first-order valence-corrected chi connectivity index (χ1v) is 7.12. The average molecular weight is 246 g/mol. The van der Waals surface area contributed by atoms with Gasteiger partial charge in [-0.25, -0.2) is 0 Å². The Morgan fingerprint density at radius 3 is 2.33 bits per heavy atom. The van der Waals surface area contributed by atoms with E-state index in [2.05, 4.69) is 55.1 Å². The maximum atomic E-state index is 2.40. The molecule has 0 radical (unpaired) electrons. The molecule has 100 valence electrons. The van der Waals surface area contributed by atoms with Crippen LogP contribution < -0.4 is 0 Å². The summed E-state index contributed by atoms with van der Waals surface area (Å²) in [5.41, 5.74) is 3.03. The van der Waals surface area contributed by atoms with E-state index in [1.807, 2.05) is 0 Å². The number of likely N-dealkylation sites (N-methyl/N-ethyl adjacent to an activating group) is 1. The zero-order valence-electron chi connectivity index (χ0n) is 12.0. The van der Waals surface area contributed by atoms with Crippen molar-refractivity contribution in [1.29, 1.82) is 0 Å².